The summed E-state index contributed by atoms with van der Waals surface area (Å²) in [6.07, 6.45) is 1.63. The molecule has 0 unspecified atom stereocenters. The first-order chi connectivity index (χ1) is 7.19. The Hall–Kier alpha value is -0.880. The number of hydrogen-bond acceptors (Lipinski definition) is 3. The highest BCUT2D eigenvalue weighted by Gasteiger charge is 2.08. The molecule has 0 bridgehead atoms. The quantitative estimate of drug-likeness (QED) is 0.525. The normalized spacial score (nSPS) is 11.3. The third kappa shape index (κ3) is 3.32. The number of benzene rings is 1. The van der Waals surface area contributed by atoms with E-state index in [1.807, 2.05) is 24.3 Å². The van der Waals surface area contributed by atoms with Crippen LogP contribution in [0.25, 0.3) is 6.08 Å². The third-order valence-electron chi connectivity index (χ3n) is 1.85. The lowest BCUT2D eigenvalue weighted by atomic mass is 10.1. The average Bonchev–Trinajstić information content (AvgIpc) is 2.27. The Labute approximate surface area is 102 Å². The summed E-state index contributed by atoms with van der Waals surface area (Å²) in [7, 11) is 1.29. The summed E-state index contributed by atoms with van der Waals surface area (Å²) < 4.78 is 5.56. The van der Waals surface area contributed by atoms with Gasteiger partial charge in [0.25, 0.3) is 0 Å². The standard InChI is InChI=1S/C11H11IO3/c1-15-11(14)9(7-13)6-8-4-2-3-5-10(8)12/h2-6,13H,7H2,1H3/b9-6+. The van der Waals surface area contributed by atoms with E-state index in [9.17, 15) is 4.79 Å². The summed E-state index contributed by atoms with van der Waals surface area (Å²) in [6.45, 7) is -0.322. The van der Waals surface area contributed by atoms with E-state index in [4.69, 9.17) is 5.11 Å². The summed E-state index contributed by atoms with van der Waals surface area (Å²) in [5, 5.41) is 9.01. The van der Waals surface area contributed by atoms with Crippen molar-refractivity contribution in [3.8, 4) is 0 Å². The first-order valence-corrected chi connectivity index (χ1v) is 5.41. The highest BCUT2D eigenvalue weighted by Crippen LogP contribution is 2.15. The minimum atomic E-state index is -0.503. The van der Waals surface area contributed by atoms with Crippen molar-refractivity contribution in [3.63, 3.8) is 0 Å². The van der Waals surface area contributed by atoms with Crippen molar-refractivity contribution in [1.82, 2.24) is 0 Å². The Morgan fingerprint density at radius 2 is 2.20 bits per heavy atom. The molecule has 0 amide bonds. The molecule has 4 heteroatoms. The number of rotatable bonds is 3. The first kappa shape index (κ1) is 12.2. The van der Waals surface area contributed by atoms with E-state index in [1.54, 1.807) is 6.08 Å². The molecule has 0 aliphatic rings. The van der Waals surface area contributed by atoms with Gasteiger partial charge in [0.05, 0.1) is 19.3 Å². The number of carbonyl (C=O) groups excluding carboxylic acids is 1. The van der Waals surface area contributed by atoms with Crippen molar-refractivity contribution in [2.75, 3.05) is 13.7 Å². The van der Waals surface area contributed by atoms with Crippen molar-refractivity contribution >= 4 is 34.6 Å². The van der Waals surface area contributed by atoms with Crippen LogP contribution in [-0.4, -0.2) is 24.8 Å². The lowest BCUT2D eigenvalue weighted by Crippen LogP contribution is -2.08. The van der Waals surface area contributed by atoms with Gasteiger partial charge in [0, 0.05) is 3.57 Å². The fourth-order valence-corrected chi connectivity index (χ4v) is 1.62. The van der Waals surface area contributed by atoms with E-state index >= 15 is 0 Å². The number of halogens is 1. The number of ether oxygens (including phenoxy) is 1. The van der Waals surface area contributed by atoms with Crippen molar-refractivity contribution in [2.24, 2.45) is 0 Å². The lowest BCUT2D eigenvalue weighted by molar-refractivity contribution is -0.136. The number of aliphatic hydroxyl groups excluding tert-OH is 1. The Balaban J connectivity index is 3.03. The second kappa shape index (κ2) is 5.87. The molecule has 0 saturated heterocycles. The second-order valence-corrected chi connectivity index (χ2v) is 4.00. The monoisotopic (exact) mass is 318 g/mol. The zero-order valence-electron chi connectivity index (χ0n) is 8.24. The molecule has 0 fully saturated rings. The van der Waals surface area contributed by atoms with Crippen LogP contribution in [0.3, 0.4) is 0 Å². The van der Waals surface area contributed by atoms with Gasteiger partial charge in [-0.25, -0.2) is 4.79 Å². The molecule has 80 valence electrons. The summed E-state index contributed by atoms with van der Waals surface area (Å²) in [5.74, 6) is -0.503. The molecule has 0 aliphatic heterocycles. The van der Waals surface area contributed by atoms with Gasteiger partial charge in [-0.2, -0.15) is 0 Å². The predicted octanol–water partition coefficient (Wildman–Crippen LogP) is 1.84. The molecular weight excluding hydrogens is 307 g/mol. The van der Waals surface area contributed by atoms with Crippen molar-refractivity contribution in [3.05, 3.63) is 39.0 Å². The molecule has 0 heterocycles. The average molecular weight is 318 g/mol. The fourth-order valence-electron chi connectivity index (χ4n) is 1.08. The van der Waals surface area contributed by atoms with E-state index in [-0.39, 0.29) is 12.2 Å². The SMILES string of the molecule is COC(=O)/C(=C/c1ccccc1I)CO. The molecule has 0 radical (unpaired) electrons. The minimum absolute atomic E-state index is 0.251. The molecular formula is C11H11IO3. The smallest absolute Gasteiger partial charge is 0.336 e. The first-order valence-electron chi connectivity index (χ1n) is 4.33. The molecule has 1 rings (SSSR count). The van der Waals surface area contributed by atoms with Gasteiger partial charge in [0.2, 0.25) is 0 Å². The third-order valence-corrected chi connectivity index (χ3v) is 2.84. The largest absolute Gasteiger partial charge is 0.466 e. The Morgan fingerprint density at radius 1 is 1.53 bits per heavy atom. The predicted molar refractivity (Wildman–Crippen MR) is 66.2 cm³/mol. The number of methoxy groups -OCH3 is 1. The van der Waals surface area contributed by atoms with Gasteiger partial charge in [-0.15, -0.1) is 0 Å². The summed E-state index contributed by atoms with van der Waals surface area (Å²) in [6, 6.07) is 7.59. The molecule has 1 aromatic carbocycles. The van der Waals surface area contributed by atoms with Crippen LogP contribution in [0.4, 0.5) is 0 Å². The van der Waals surface area contributed by atoms with Crippen LogP contribution in [0, 0.1) is 3.57 Å². The number of aliphatic hydroxyl groups is 1. The van der Waals surface area contributed by atoms with Gasteiger partial charge < -0.3 is 9.84 Å². The number of esters is 1. The van der Waals surface area contributed by atoms with Gasteiger partial charge in [-0.1, -0.05) is 18.2 Å². The Morgan fingerprint density at radius 3 is 2.73 bits per heavy atom. The van der Waals surface area contributed by atoms with Gasteiger partial charge in [0.15, 0.2) is 0 Å². The van der Waals surface area contributed by atoms with Crippen LogP contribution in [0.1, 0.15) is 5.56 Å². The molecule has 0 saturated carbocycles. The van der Waals surface area contributed by atoms with Gasteiger partial charge in [-0.3, -0.25) is 0 Å². The van der Waals surface area contributed by atoms with Crippen LogP contribution in [0.5, 0.6) is 0 Å². The molecule has 0 aliphatic carbocycles. The maximum Gasteiger partial charge on any atom is 0.336 e. The minimum Gasteiger partial charge on any atom is -0.466 e. The van der Waals surface area contributed by atoms with Gasteiger partial charge in [0.1, 0.15) is 0 Å². The summed E-state index contributed by atoms with van der Waals surface area (Å²) in [5.41, 5.74) is 1.15. The van der Waals surface area contributed by atoms with Crippen LogP contribution in [-0.2, 0) is 9.53 Å². The maximum absolute atomic E-state index is 11.2. The van der Waals surface area contributed by atoms with E-state index in [1.165, 1.54) is 7.11 Å². The molecule has 15 heavy (non-hydrogen) atoms. The Bertz CT molecular complexity index is 385. The number of hydrogen-bond donors (Lipinski definition) is 1. The molecule has 1 N–H and O–H groups in total. The van der Waals surface area contributed by atoms with Crippen LogP contribution < -0.4 is 0 Å². The van der Waals surface area contributed by atoms with E-state index < -0.39 is 5.97 Å². The summed E-state index contributed by atoms with van der Waals surface area (Å²) in [4.78, 5) is 11.2. The maximum atomic E-state index is 11.2. The topological polar surface area (TPSA) is 46.5 Å². The molecule has 1 aromatic rings. The van der Waals surface area contributed by atoms with Gasteiger partial charge >= 0.3 is 5.97 Å². The zero-order chi connectivity index (χ0) is 11.3. The lowest BCUT2D eigenvalue weighted by Gasteiger charge is -2.03. The molecule has 0 aromatic heterocycles. The van der Waals surface area contributed by atoms with Crippen molar-refractivity contribution in [2.45, 2.75) is 0 Å². The van der Waals surface area contributed by atoms with Crippen LogP contribution >= 0.6 is 22.6 Å². The van der Waals surface area contributed by atoms with Crippen LogP contribution in [0.15, 0.2) is 29.8 Å². The fraction of sp³-hybridized carbons (Fsp3) is 0.182. The highest BCUT2D eigenvalue weighted by atomic mass is 127. The summed E-state index contributed by atoms with van der Waals surface area (Å²) >= 11 is 2.17. The number of carbonyl (C=O) groups is 1. The van der Waals surface area contributed by atoms with Crippen molar-refractivity contribution in [1.29, 1.82) is 0 Å². The molecule has 0 atom stereocenters. The van der Waals surface area contributed by atoms with E-state index in [2.05, 4.69) is 27.3 Å². The Kier molecular flexibility index (Phi) is 4.77. The highest BCUT2D eigenvalue weighted by molar-refractivity contribution is 14.1. The van der Waals surface area contributed by atoms with E-state index in [0.29, 0.717) is 0 Å². The van der Waals surface area contributed by atoms with Crippen LogP contribution in [0.2, 0.25) is 0 Å². The molecule has 0 spiro atoms. The van der Waals surface area contributed by atoms with Crippen molar-refractivity contribution < 1.29 is 14.6 Å². The van der Waals surface area contributed by atoms with E-state index in [0.717, 1.165) is 9.13 Å². The zero-order valence-corrected chi connectivity index (χ0v) is 10.4. The molecule has 3 nitrogen and oxygen atoms in total. The van der Waals surface area contributed by atoms with Gasteiger partial charge in [-0.05, 0) is 40.3 Å². The second-order valence-electron chi connectivity index (χ2n) is 2.84.